The normalized spacial score (nSPS) is 18.7. The number of hydrogen-bond donors (Lipinski definition) is 1. The lowest BCUT2D eigenvalue weighted by atomic mass is 9.93. The van der Waals surface area contributed by atoms with E-state index in [1.807, 2.05) is 13.0 Å². The standard InChI is InChI=1S/C16H22N4O/c1-3-20-12(2)17-18-16(20)10-19-9-8-13-6-4-5-7-14(13)15(19)11-21/h4-7,15,21H,3,8-11H2,1-2H3. The third kappa shape index (κ3) is 2.59. The Morgan fingerprint density at radius 2 is 2.10 bits per heavy atom. The third-order valence-corrected chi connectivity index (χ3v) is 4.37. The van der Waals surface area contributed by atoms with Gasteiger partial charge in [-0.3, -0.25) is 4.90 Å². The largest absolute Gasteiger partial charge is 0.394 e. The lowest BCUT2D eigenvalue weighted by Crippen LogP contribution is -2.37. The molecule has 21 heavy (non-hydrogen) atoms. The van der Waals surface area contributed by atoms with Crippen molar-refractivity contribution in [3.05, 3.63) is 47.0 Å². The number of aliphatic hydroxyl groups is 1. The molecule has 112 valence electrons. The molecule has 1 aromatic heterocycles. The molecule has 2 heterocycles. The molecule has 1 N–H and O–H groups in total. The van der Waals surface area contributed by atoms with E-state index >= 15 is 0 Å². The third-order valence-electron chi connectivity index (χ3n) is 4.37. The van der Waals surface area contributed by atoms with Crippen molar-refractivity contribution in [1.29, 1.82) is 0 Å². The molecular weight excluding hydrogens is 264 g/mol. The highest BCUT2D eigenvalue weighted by atomic mass is 16.3. The highest BCUT2D eigenvalue weighted by Crippen LogP contribution is 2.30. The second-order valence-electron chi connectivity index (χ2n) is 5.53. The van der Waals surface area contributed by atoms with Gasteiger partial charge in [0.25, 0.3) is 0 Å². The minimum absolute atomic E-state index is 0.0530. The van der Waals surface area contributed by atoms with Crippen LogP contribution in [-0.2, 0) is 19.5 Å². The van der Waals surface area contributed by atoms with Gasteiger partial charge in [-0.2, -0.15) is 0 Å². The Morgan fingerprint density at radius 1 is 1.29 bits per heavy atom. The molecule has 5 heteroatoms. The quantitative estimate of drug-likeness (QED) is 0.929. The number of fused-ring (bicyclic) bond motifs is 1. The van der Waals surface area contributed by atoms with Crippen LogP contribution >= 0.6 is 0 Å². The first-order valence-corrected chi connectivity index (χ1v) is 7.56. The zero-order valence-electron chi connectivity index (χ0n) is 12.7. The fourth-order valence-corrected chi connectivity index (χ4v) is 3.24. The average Bonchev–Trinajstić information content (AvgIpc) is 2.87. The number of hydrogen-bond acceptors (Lipinski definition) is 4. The van der Waals surface area contributed by atoms with Crippen LogP contribution < -0.4 is 0 Å². The van der Waals surface area contributed by atoms with E-state index in [0.29, 0.717) is 0 Å². The summed E-state index contributed by atoms with van der Waals surface area (Å²) >= 11 is 0. The SMILES string of the molecule is CCn1c(C)nnc1CN1CCc2ccccc2C1CO. The first-order chi connectivity index (χ1) is 10.2. The molecular formula is C16H22N4O. The first-order valence-electron chi connectivity index (χ1n) is 7.56. The molecule has 0 amide bonds. The van der Waals surface area contributed by atoms with Crippen molar-refractivity contribution in [2.24, 2.45) is 0 Å². The second-order valence-corrected chi connectivity index (χ2v) is 5.53. The molecule has 1 unspecified atom stereocenters. The molecule has 0 bridgehead atoms. The molecule has 0 saturated carbocycles. The van der Waals surface area contributed by atoms with Crippen molar-refractivity contribution in [3.63, 3.8) is 0 Å². The van der Waals surface area contributed by atoms with Crippen LogP contribution in [0.25, 0.3) is 0 Å². The van der Waals surface area contributed by atoms with Crippen molar-refractivity contribution in [2.75, 3.05) is 13.2 Å². The van der Waals surface area contributed by atoms with Crippen LogP contribution in [0.3, 0.4) is 0 Å². The van der Waals surface area contributed by atoms with Crippen LogP contribution in [-0.4, -0.2) is 37.9 Å². The predicted octanol–water partition coefficient (Wildman–Crippen LogP) is 1.70. The number of benzene rings is 1. The fourth-order valence-electron chi connectivity index (χ4n) is 3.24. The summed E-state index contributed by atoms with van der Waals surface area (Å²) in [6, 6.07) is 8.45. The number of rotatable bonds is 4. The molecule has 1 aromatic carbocycles. The van der Waals surface area contributed by atoms with Gasteiger partial charge in [0.05, 0.1) is 19.2 Å². The summed E-state index contributed by atoms with van der Waals surface area (Å²) in [6.45, 7) is 6.77. The molecule has 0 saturated heterocycles. The summed E-state index contributed by atoms with van der Waals surface area (Å²) in [6.07, 6.45) is 1.02. The van der Waals surface area contributed by atoms with Gasteiger partial charge in [-0.25, -0.2) is 0 Å². The van der Waals surface area contributed by atoms with Crippen molar-refractivity contribution >= 4 is 0 Å². The Kier molecular flexibility index (Phi) is 4.03. The summed E-state index contributed by atoms with van der Waals surface area (Å²) < 4.78 is 2.13. The van der Waals surface area contributed by atoms with Gasteiger partial charge >= 0.3 is 0 Å². The highest BCUT2D eigenvalue weighted by molar-refractivity contribution is 5.32. The minimum atomic E-state index is 0.0530. The smallest absolute Gasteiger partial charge is 0.147 e. The van der Waals surface area contributed by atoms with Crippen molar-refractivity contribution in [3.8, 4) is 0 Å². The summed E-state index contributed by atoms with van der Waals surface area (Å²) in [5.41, 5.74) is 2.59. The van der Waals surface area contributed by atoms with E-state index in [1.165, 1.54) is 11.1 Å². The maximum absolute atomic E-state index is 9.83. The lowest BCUT2D eigenvalue weighted by molar-refractivity contribution is 0.104. The van der Waals surface area contributed by atoms with Gasteiger partial charge in [-0.05, 0) is 31.4 Å². The maximum atomic E-state index is 9.83. The van der Waals surface area contributed by atoms with Crippen LogP contribution in [0.1, 0.15) is 35.7 Å². The summed E-state index contributed by atoms with van der Waals surface area (Å²) in [4.78, 5) is 2.30. The lowest BCUT2D eigenvalue weighted by Gasteiger charge is -2.36. The van der Waals surface area contributed by atoms with Crippen LogP contribution in [0.2, 0.25) is 0 Å². The van der Waals surface area contributed by atoms with Gasteiger partial charge in [-0.1, -0.05) is 24.3 Å². The van der Waals surface area contributed by atoms with Crippen LogP contribution in [0, 0.1) is 6.92 Å². The highest BCUT2D eigenvalue weighted by Gasteiger charge is 2.27. The molecule has 5 nitrogen and oxygen atoms in total. The van der Waals surface area contributed by atoms with E-state index in [1.54, 1.807) is 0 Å². The summed E-state index contributed by atoms with van der Waals surface area (Å²) in [5.74, 6) is 1.93. The van der Waals surface area contributed by atoms with Gasteiger partial charge < -0.3 is 9.67 Å². The molecule has 1 atom stereocenters. The predicted molar refractivity (Wildman–Crippen MR) is 80.8 cm³/mol. The van der Waals surface area contributed by atoms with Gasteiger partial charge in [0.15, 0.2) is 0 Å². The van der Waals surface area contributed by atoms with E-state index in [-0.39, 0.29) is 12.6 Å². The van der Waals surface area contributed by atoms with E-state index in [4.69, 9.17) is 0 Å². The van der Waals surface area contributed by atoms with Crippen LogP contribution in [0.15, 0.2) is 24.3 Å². The fraction of sp³-hybridized carbons (Fsp3) is 0.500. The zero-order chi connectivity index (χ0) is 14.8. The molecule has 2 aromatic rings. The second kappa shape index (κ2) is 5.95. The van der Waals surface area contributed by atoms with Gasteiger partial charge in [-0.15, -0.1) is 10.2 Å². The summed E-state index contributed by atoms with van der Waals surface area (Å²) in [5, 5.41) is 18.3. The van der Waals surface area contributed by atoms with Gasteiger partial charge in [0.2, 0.25) is 0 Å². The van der Waals surface area contributed by atoms with E-state index in [9.17, 15) is 5.11 Å². The Labute approximate surface area is 125 Å². The number of nitrogens with zero attached hydrogens (tertiary/aromatic N) is 4. The topological polar surface area (TPSA) is 54.2 Å². The number of aryl methyl sites for hydroxylation is 1. The van der Waals surface area contributed by atoms with Crippen molar-refractivity contribution in [2.45, 2.75) is 39.4 Å². The van der Waals surface area contributed by atoms with Gasteiger partial charge in [0, 0.05) is 13.1 Å². The molecule has 1 aliphatic rings. The molecule has 3 rings (SSSR count). The maximum Gasteiger partial charge on any atom is 0.147 e. The van der Waals surface area contributed by atoms with Crippen molar-refractivity contribution < 1.29 is 5.11 Å². The van der Waals surface area contributed by atoms with E-state index < -0.39 is 0 Å². The molecule has 0 radical (unpaired) electrons. The van der Waals surface area contributed by atoms with Crippen LogP contribution in [0.5, 0.6) is 0 Å². The van der Waals surface area contributed by atoms with Crippen molar-refractivity contribution in [1.82, 2.24) is 19.7 Å². The molecule has 1 aliphatic heterocycles. The molecule has 0 spiro atoms. The minimum Gasteiger partial charge on any atom is -0.394 e. The van der Waals surface area contributed by atoms with Gasteiger partial charge in [0.1, 0.15) is 11.6 Å². The first kappa shape index (κ1) is 14.2. The Balaban J connectivity index is 1.86. The zero-order valence-corrected chi connectivity index (χ0v) is 12.7. The Bertz CT molecular complexity index is 622. The summed E-state index contributed by atoms with van der Waals surface area (Å²) in [7, 11) is 0. The molecule has 0 aliphatic carbocycles. The molecule has 0 fully saturated rings. The van der Waals surface area contributed by atoms with Crippen LogP contribution in [0.4, 0.5) is 0 Å². The Hall–Kier alpha value is -1.72. The van der Waals surface area contributed by atoms with E-state index in [0.717, 1.165) is 37.7 Å². The monoisotopic (exact) mass is 286 g/mol. The number of aliphatic hydroxyl groups excluding tert-OH is 1. The Morgan fingerprint density at radius 3 is 2.86 bits per heavy atom. The average molecular weight is 286 g/mol. The number of aromatic nitrogens is 3. The van der Waals surface area contributed by atoms with E-state index in [2.05, 4.69) is 44.8 Å².